The number of carbonyl (C=O) groups excluding carboxylic acids is 1. The fraction of sp³-hybridized carbons (Fsp3) is 0.571. The lowest BCUT2D eigenvalue weighted by molar-refractivity contribution is 0.0297. The van der Waals surface area contributed by atoms with Crippen LogP contribution in [0.1, 0.15) is 35.1 Å². The average Bonchev–Trinajstić information content (AvgIpc) is 2.32. The minimum atomic E-state index is -0.286. The first-order valence-corrected chi connectivity index (χ1v) is 6.40. The van der Waals surface area contributed by atoms with Gasteiger partial charge in [0.2, 0.25) is 0 Å². The number of aryl methyl sites for hydroxylation is 2. The van der Waals surface area contributed by atoms with E-state index in [0.717, 1.165) is 11.4 Å². The number of rotatable bonds is 1. The number of hydrogen-bond acceptors (Lipinski definition) is 3. The van der Waals surface area contributed by atoms with E-state index in [1.807, 2.05) is 37.8 Å². The Kier molecular flexibility index (Phi) is 3.66. The minimum Gasteiger partial charge on any atom is -0.393 e. The molecule has 1 saturated heterocycles. The highest BCUT2D eigenvalue weighted by Crippen LogP contribution is 2.19. The maximum atomic E-state index is 12.4. The molecule has 0 spiro atoms. The van der Waals surface area contributed by atoms with E-state index in [2.05, 4.69) is 4.98 Å². The molecule has 18 heavy (non-hydrogen) atoms. The zero-order chi connectivity index (χ0) is 13.3. The van der Waals surface area contributed by atoms with Crippen LogP contribution >= 0.6 is 0 Å². The monoisotopic (exact) mass is 248 g/mol. The second-order valence-electron chi connectivity index (χ2n) is 5.17. The number of hydrogen-bond donors (Lipinski definition) is 1. The Labute approximate surface area is 108 Å². The van der Waals surface area contributed by atoms with Crippen LogP contribution in [0.4, 0.5) is 0 Å². The highest BCUT2D eigenvalue weighted by atomic mass is 16.3. The van der Waals surface area contributed by atoms with E-state index in [4.69, 9.17) is 0 Å². The summed E-state index contributed by atoms with van der Waals surface area (Å²) in [6.07, 6.45) is 0.372. The molecular weight excluding hydrogens is 228 g/mol. The zero-order valence-corrected chi connectivity index (χ0v) is 11.2. The Morgan fingerprint density at radius 1 is 1.44 bits per heavy atom. The van der Waals surface area contributed by atoms with Crippen molar-refractivity contribution >= 4 is 5.91 Å². The van der Waals surface area contributed by atoms with E-state index in [1.165, 1.54) is 0 Å². The van der Waals surface area contributed by atoms with Gasteiger partial charge in [-0.15, -0.1) is 0 Å². The smallest absolute Gasteiger partial charge is 0.255 e. The zero-order valence-electron chi connectivity index (χ0n) is 11.2. The number of nitrogens with zero attached hydrogens (tertiary/aromatic N) is 2. The predicted octanol–water partition coefficient (Wildman–Crippen LogP) is 1.54. The Morgan fingerprint density at radius 2 is 2.17 bits per heavy atom. The summed E-state index contributed by atoms with van der Waals surface area (Å²) in [7, 11) is 0. The van der Waals surface area contributed by atoms with Crippen molar-refractivity contribution in [1.29, 1.82) is 0 Å². The first-order chi connectivity index (χ1) is 8.49. The maximum Gasteiger partial charge on any atom is 0.255 e. The first-order valence-electron chi connectivity index (χ1n) is 6.40. The largest absolute Gasteiger partial charge is 0.393 e. The van der Waals surface area contributed by atoms with Crippen LogP contribution in [0, 0.1) is 19.8 Å². The highest BCUT2D eigenvalue weighted by Gasteiger charge is 2.28. The summed E-state index contributed by atoms with van der Waals surface area (Å²) in [5.74, 6) is 0.167. The van der Waals surface area contributed by atoms with E-state index in [-0.39, 0.29) is 17.9 Å². The van der Waals surface area contributed by atoms with Gasteiger partial charge in [0, 0.05) is 18.8 Å². The van der Waals surface area contributed by atoms with Crippen LogP contribution in [-0.2, 0) is 0 Å². The molecule has 1 aromatic heterocycles. The van der Waals surface area contributed by atoms with Crippen LogP contribution in [0.5, 0.6) is 0 Å². The Hall–Kier alpha value is -1.42. The van der Waals surface area contributed by atoms with Gasteiger partial charge < -0.3 is 10.0 Å². The number of amides is 1. The van der Waals surface area contributed by atoms with Crippen LogP contribution < -0.4 is 0 Å². The summed E-state index contributed by atoms with van der Waals surface area (Å²) in [5.41, 5.74) is 2.37. The fourth-order valence-electron chi connectivity index (χ4n) is 2.40. The van der Waals surface area contributed by atoms with Gasteiger partial charge in [0.05, 0.1) is 17.4 Å². The Bertz CT molecular complexity index is 459. The molecule has 1 fully saturated rings. The molecule has 2 rings (SSSR count). The number of aliphatic hydroxyl groups is 1. The number of piperidine rings is 1. The number of pyridine rings is 1. The van der Waals surface area contributed by atoms with E-state index in [9.17, 15) is 9.90 Å². The van der Waals surface area contributed by atoms with Crippen LogP contribution in [0.15, 0.2) is 12.1 Å². The van der Waals surface area contributed by atoms with Gasteiger partial charge in [0.15, 0.2) is 0 Å². The molecule has 0 saturated carbocycles. The van der Waals surface area contributed by atoms with Crippen LogP contribution in [0.2, 0.25) is 0 Å². The number of carbonyl (C=O) groups is 1. The lowest BCUT2D eigenvalue weighted by Crippen LogP contribution is -2.45. The van der Waals surface area contributed by atoms with Crippen molar-refractivity contribution in [1.82, 2.24) is 9.88 Å². The normalized spacial score (nSPS) is 24.1. The SMILES string of the molecule is Cc1ccc(C(=O)N2CCC(O)C(C)C2)c(C)n1. The molecule has 1 aliphatic heterocycles. The molecular formula is C14H20N2O2. The van der Waals surface area contributed by atoms with E-state index in [1.54, 1.807) is 0 Å². The van der Waals surface area contributed by atoms with Gasteiger partial charge in [-0.25, -0.2) is 0 Å². The van der Waals surface area contributed by atoms with E-state index < -0.39 is 0 Å². The van der Waals surface area contributed by atoms with Crippen molar-refractivity contribution in [2.24, 2.45) is 5.92 Å². The molecule has 2 atom stereocenters. The van der Waals surface area contributed by atoms with E-state index in [0.29, 0.717) is 25.1 Å². The van der Waals surface area contributed by atoms with Crippen LogP contribution in [-0.4, -0.2) is 40.1 Å². The van der Waals surface area contributed by atoms with Gasteiger partial charge in [-0.05, 0) is 38.3 Å². The summed E-state index contributed by atoms with van der Waals surface area (Å²) >= 11 is 0. The van der Waals surface area contributed by atoms with Crippen molar-refractivity contribution < 1.29 is 9.90 Å². The van der Waals surface area contributed by atoms with Gasteiger partial charge >= 0.3 is 0 Å². The third-order valence-corrected chi connectivity index (χ3v) is 3.60. The molecule has 98 valence electrons. The highest BCUT2D eigenvalue weighted by molar-refractivity contribution is 5.95. The van der Waals surface area contributed by atoms with Crippen LogP contribution in [0.3, 0.4) is 0 Å². The summed E-state index contributed by atoms with van der Waals surface area (Å²) < 4.78 is 0. The molecule has 1 amide bonds. The maximum absolute atomic E-state index is 12.4. The van der Waals surface area contributed by atoms with Crippen molar-refractivity contribution in [2.45, 2.75) is 33.3 Å². The summed E-state index contributed by atoms with van der Waals surface area (Å²) in [6.45, 7) is 7.00. The van der Waals surface area contributed by atoms with Crippen LogP contribution in [0.25, 0.3) is 0 Å². The molecule has 4 heteroatoms. The number of aromatic nitrogens is 1. The van der Waals surface area contributed by atoms with Crippen molar-refractivity contribution in [3.05, 3.63) is 29.1 Å². The second-order valence-corrected chi connectivity index (χ2v) is 5.17. The molecule has 2 heterocycles. The van der Waals surface area contributed by atoms with Gasteiger partial charge in [-0.1, -0.05) is 6.92 Å². The summed E-state index contributed by atoms with van der Waals surface area (Å²) in [5, 5.41) is 9.69. The van der Waals surface area contributed by atoms with Gasteiger partial charge in [-0.2, -0.15) is 0 Å². The van der Waals surface area contributed by atoms with Crippen molar-refractivity contribution in [3.63, 3.8) is 0 Å². The quantitative estimate of drug-likeness (QED) is 0.820. The fourth-order valence-corrected chi connectivity index (χ4v) is 2.40. The molecule has 1 aliphatic rings. The van der Waals surface area contributed by atoms with Gasteiger partial charge in [0.25, 0.3) is 5.91 Å². The lowest BCUT2D eigenvalue weighted by atomic mass is 9.96. The lowest BCUT2D eigenvalue weighted by Gasteiger charge is -2.34. The minimum absolute atomic E-state index is 0.0266. The third kappa shape index (κ3) is 2.53. The predicted molar refractivity (Wildman–Crippen MR) is 69.4 cm³/mol. The Balaban J connectivity index is 2.16. The molecule has 0 aliphatic carbocycles. The topological polar surface area (TPSA) is 53.4 Å². The first kappa shape index (κ1) is 13.0. The molecule has 4 nitrogen and oxygen atoms in total. The summed E-state index contributed by atoms with van der Waals surface area (Å²) in [6, 6.07) is 3.71. The summed E-state index contributed by atoms with van der Waals surface area (Å²) in [4.78, 5) is 18.5. The van der Waals surface area contributed by atoms with Gasteiger partial charge in [-0.3, -0.25) is 9.78 Å². The second kappa shape index (κ2) is 5.06. The van der Waals surface area contributed by atoms with Crippen molar-refractivity contribution in [2.75, 3.05) is 13.1 Å². The number of aliphatic hydroxyl groups excluding tert-OH is 1. The molecule has 0 radical (unpaired) electrons. The van der Waals surface area contributed by atoms with Gasteiger partial charge in [0.1, 0.15) is 0 Å². The third-order valence-electron chi connectivity index (χ3n) is 3.60. The molecule has 1 N–H and O–H groups in total. The molecule has 0 bridgehead atoms. The molecule has 1 aromatic rings. The van der Waals surface area contributed by atoms with E-state index >= 15 is 0 Å². The molecule has 0 aromatic carbocycles. The number of likely N-dealkylation sites (tertiary alicyclic amines) is 1. The molecule has 2 unspecified atom stereocenters. The average molecular weight is 248 g/mol. The Morgan fingerprint density at radius 3 is 2.78 bits per heavy atom. The van der Waals surface area contributed by atoms with Crippen molar-refractivity contribution in [3.8, 4) is 0 Å². The standard InChI is InChI=1S/C14H20N2O2/c1-9-8-16(7-6-13(9)17)14(18)12-5-4-10(2)15-11(12)3/h4-5,9,13,17H,6-8H2,1-3H3.